The molecule has 0 amide bonds. The Morgan fingerprint density at radius 1 is 1.50 bits per heavy atom. The molecule has 0 saturated carbocycles. The average molecular weight is 196 g/mol. The summed E-state index contributed by atoms with van der Waals surface area (Å²) in [4.78, 5) is 11.1. The molecule has 0 spiro atoms. The summed E-state index contributed by atoms with van der Waals surface area (Å²) >= 11 is 0. The van der Waals surface area contributed by atoms with Crippen LogP contribution in [-0.2, 0) is 9.53 Å². The van der Waals surface area contributed by atoms with Gasteiger partial charge in [0, 0.05) is 0 Å². The van der Waals surface area contributed by atoms with Crippen molar-refractivity contribution in [1.82, 2.24) is 5.32 Å². The predicted molar refractivity (Wildman–Crippen MR) is 51.6 cm³/mol. The highest BCUT2D eigenvalue weighted by Crippen LogP contribution is 2.20. The normalized spacial score (nSPS) is 10.3. The number of rotatable bonds is 4. The van der Waals surface area contributed by atoms with E-state index in [-0.39, 0.29) is 23.8 Å². The monoisotopic (exact) mass is 195 g/mol. The molecule has 0 atom stereocenters. The van der Waals surface area contributed by atoms with Gasteiger partial charge in [0.15, 0.2) is 0 Å². The first-order valence-corrected chi connectivity index (χ1v) is 3.77. The first-order valence-electron chi connectivity index (χ1n) is 3.77. The summed E-state index contributed by atoms with van der Waals surface area (Å²) in [6.45, 7) is 4.61. The van der Waals surface area contributed by atoms with Gasteiger partial charge in [-0.1, -0.05) is 0 Å². The number of halogens is 1. The lowest BCUT2D eigenvalue weighted by Crippen LogP contribution is -2.29. The van der Waals surface area contributed by atoms with Crippen molar-refractivity contribution in [3.8, 4) is 0 Å². The van der Waals surface area contributed by atoms with Crippen LogP contribution >= 0.6 is 12.4 Å². The average Bonchev–Trinajstić information content (AvgIpc) is 1.99. The second kappa shape index (κ2) is 6.26. The van der Waals surface area contributed by atoms with Crippen LogP contribution in [0, 0.1) is 5.41 Å². The number of carbonyl (C=O) groups excluding carboxylic acids is 1. The minimum atomic E-state index is -0.363. The van der Waals surface area contributed by atoms with Gasteiger partial charge in [-0.25, -0.2) is 0 Å². The highest BCUT2D eigenvalue weighted by atomic mass is 35.5. The molecule has 0 aliphatic carbocycles. The van der Waals surface area contributed by atoms with Crippen molar-refractivity contribution in [3.05, 3.63) is 0 Å². The van der Waals surface area contributed by atoms with E-state index in [1.807, 2.05) is 20.9 Å². The maximum Gasteiger partial charge on any atom is 0.311 e. The Morgan fingerprint density at radius 3 is 2.33 bits per heavy atom. The number of methoxy groups -OCH3 is 1. The number of ether oxygens (including phenoxy) is 1. The Balaban J connectivity index is 0. The van der Waals surface area contributed by atoms with E-state index in [9.17, 15) is 4.79 Å². The van der Waals surface area contributed by atoms with Gasteiger partial charge in [0.2, 0.25) is 0 Å². The minimum Gasteiger partial charge on any atom is -0.469 e. The molecule has 0 aliphatic heterocycles. The molecule has 0 unspecified atom stereocenters. The fourth-order valence-electron chi connectivity index (χ4n) is 0.816. The van der Waals surface area contributed by atoms with Gasteiger partial charge >= 0.3 is 5.97 Å². The van der Waals surface area contributed by atoms with Gasteiger partial charge in [-0.3, -0.25) is 4.79 Å². The topological polar surface area (TPSA) is 38.3 Å². The highest BCUT2D eigenvalue weighted by molar-refractivity contribution is 5.85. The summed E-state index contributed by atoms with van der Waals surface area (Å²) in [6.07, 6.45) is 0.802. The molecule has 0 aromatic carbocycles. The molecule has 0 fully saturated rings. The standard InChI is InChI=1S/C8H17NO2.ClH/c1-8(2,5-6-9-3)7(10)11-4;/h9H,5-6H2,1-4H3;1H. The Morgan fingerprint density at radius 2 is 2.00 bits per heavy atom. The molecule has 1 N–H and O–H groups in total. The third-order valence-electron chi connectivity index (χ3n) is 1.74. The lowest BCUT2D eigenvalue weighted by atomic mass is 9.89. The van der Waals surface area contributed by atoms with E-state index in [2.05, 4.69) is 10.1 Å². The first-order chi connectivity index (χ1) is 5.04. The van der Waals surface area contributed by atoms with Crippen molar-refractivity contribution < 1.29 is 9.53 Å². The van der Waals surface area contributed by atoms with Crippen molar-refractivity contribution >= 4 is 18.4 Å². The van der Waals surface area contributed by atoms with Gasteiger partial charge in [0.1, 0.15) is 0 Å². The van der Waals surface area contributed by atoms with Crippen LogP contribution in [0.1, 0.15) is 20.3 Å². The SMILES string of the molecule is CNCCC(C)(C)C(=O)OC.Cl. The lowest BCUT2D eigenvalue weighted by molar-refractivity contribution is -0.151. The number of esters is 1. The van der Waals surface area contributed by atoms with Crippen molar-refractivity contribution in [2.24, 2.45) is 5.41 Å². The maximum absolute atomic E-state index is 11.1. The Hall–Kier alpha value is -0.280. The van der Waals surface area contributed by atoms with Crippen LogP contribution in [0.25, 0.3) is 0 Å². The molecule has 12 heavy (non-hydrogen) atoms. The molecule has 4 heteroatoms. The Labute approximate surface area is 80.3 Å². The van der Waals surface area contributed by atoms with Crippen LogP contribution in [-0.4, -0.2) is 26.7 Å². The summed E-state index contributed by atoms with van der Waals surface area (Å²) < 4.78 is 4.65. The van der Waals surface area contributed by atoms with Crippen LogP contribution in [0.2, 0.25) is 0 Å². The van der Waals surface area contributed by atoms with Crippen LogP contribution in [0.3, 0.4) is 0 Å². The summed E-state index contributed by atoms with van der Waals surface area (Å²) in [5, 5.41) is 2.99. The Kier molecular flexibility index (Phi) is 7.44. The fraction of sp³-hybridized carbons (Fsp3) is 0.875. The molecule has 0 rings (SSSR count). The van der Waals surface area contributed by atoms with Gasteiger partial charge < -0.3 is 10.1 Å². The van der Waals surface area contributed by atoms with E-state index in [1.165, 1.54) is 7.11 Å². The van der Waals surface area contributed by atoms with E-state index in [1.54, 1.807) is 0 Å². The smallest absolute Gasteiger partial charge is 0.311 e. The van der Waals surface area contributed by atoms with Crippen molar-refractivity contribution in [2.75, 3.05) is 20.7 Å². The Bertz CT molecular complexity index is 137. The van der Waals surface area contributed by atoms with Gasteiger partial charge in [-0.05, 0) is 33.9 Å². The molecule has 0 heterocycles. The summed E-state index contributed by atoms with van der Waals surface area (Å²) in [5.74, 6) is -0.146. The number of nitrogens with one attached hydrogen (secondary N) is 1. The van der Waals surface area contributed by atoms with Crippen LogP contribution < -0.4 is 5.32 Å². The molecule has 0 aromatic heterocycles. The number of hydrogen-bond donors (Lipinski definition) is 1. The van der Waals surface area contributed by atoms with E-state index >= 15 is 0 Å². The zero-order chi connectivity index (χ0) is 8.91. The summed E-state index contributed by atoms with van der Waals surface area (Å²) in [5.41, 5.74) is -0.363. The molecular formula is C8H18ClNO2. The van der Waals surface area contributed by atoms with Crippen LogP contribution in [0.5, 0.6) is 0 Å². The largest absolute Gasteiger partial charge is 0.469 e. The molecule has 0 aliphatic rings. The summed E-state index contributed by atoms with van der Waals surface area (Å²) in [7, 11) is 3.29. The zero-order valence-electron chi connectivity index (χ0n) is 8.14. The molecule has 0 aromatic rings. The molecule has 3 nitrogen and oxygen atoms in total. The minimum absolute atomic E-state index is 0. The number of carbonyl (C=O) groups is 1. The third kappa shape index (κ3) is 4.57. The van der Waals surface area contributed by atoms with Gasteiger partial charge in [0.05, 0.1) is 12.5 Å². The van der Waals surface area contributed by atoms with Gasteiger partial charge in [-0.2, -0.15) is 0 Å². The zero-order valence-corrected chi connectivity index (χ0v) is 8.96. The van der Waals surface area contributed by atoms with E-state index in [0.29, 0.717) is 0 Å². The number of hydrogen-bond acceptors (Lipinski definition) is 3. The quantitative estimate of drug-likeness (QED) is 0.686. The second-order valence-electron chi connectivity index (χ2n) is 3.23. The molecular weight excluding hydrogens is 178 g/mol. The lowest BCUT2D eigenvalue weighted by Gasteiger charge is -2.20. The van der Waals surface area contributed by atoms with Crippen molar-refractivity contribution in [1.29, 1.82) is 0 Å². The van der Waals surface area contributed by atoms with E-state index in [4.69, 9.17) is 0 Å². The van der Waals surface area contributed by atoms with Crippen molar-refractivity contribution in [2.45, 2.75) is 20.3 Å². The first kappa shape index (κ1) is 14.3. The van der Waals surface area contributed by atoms with Gasteiger partial charge in [-0.15, -0.1) is 12.4 Å². The molecule has 0 saturated heterocycles. The van der Waals surface area contributed by atoms with E-state index in [0.717, 1.165) is 13.0 Å². The molecule has 74 valence electrons. The molecule has 0 radical (unpaired) electrons. The molecule has 0 bridgehead atoms. The third-order valence-corrected chi connectivity index (χ3v) is 1.74. The maximum atomic E-state index is 11.1. The summed E-state index contributed by atoms with van der Waals surface area (Å²) in [6, 6.07) is 0. The van der Waals surface area contributed by atoms with Crippen LogP contribution in [0.15, 0.2) is 0 Å². The van der Waals surface area contributed by atoms with E-state index < -0.39 is 0 Å². The van der Waals surface area contributed by atoms with Crippen LogP contribution in [0.4, 0.5) is 0 Å². The predicted octanol–water partition coefficient (Wildman–Crippen LogP) is 1.22. The van der Waals surface area contributed by atoms with Gasteiger partial charge in [0.25, 0.3) is 0 Å². The second-order valence-corrected chi connectivity index (χ2v) is 3.23. The highest BCUT2D eigenvalue weighted by Gasteiger charge is 2.27. The fourth-order valence-corrected chi connectivity index (χ4v) is 0.816. The van der Waals surface area contributed by atoms with Crippen molar-refractivity contribution in [3.63, 3.8) is 0 Å².